The molecule has 0 atom stereocenters. The Morgan fingerprint density at radius 2 is 1.32 bits per heavy atom. The first-order valence-corrected chi connectivity index (χ1v) is 7.22. The van der Waals surface area contributed by atoms with E-state index in [1.165, 1.54) is 11.1 Å². The van der Waals surface area contributed by atoms with Crippen molar-refractivity contribution in [2.24, 2.45) is 0 Å². The molecule has 0 aliphatic rings. The molecule has 0 spiro atoms. The Kier molecular flexibility index (Phi) is 4.30. The van der Waals surface area contributed by atoms with E-state index in [2.05, 4.69) is 39.1 Å². The van der Waals surface area contributed by atoms with Crippen LogP contribution in [-0.4, -0.2) is 9.97 Å². The predicted molar refractivity (Wildman–Crippen MR) is 89.2 cm³/mol. The summed E-state index contributed by atoms with van der Waals surface area (Å²) in [6.07, 6.45) is 1.70. The third kappa shape index (κ3) is 3.61. The van der Waals surface area contributed by atoms with Crippen molar-refractivity contribution in [2.45, 2.75) is 13.1 Å². The normalized spacial score (nSPS) is 10.4. The van der Waals surface area contributed by atoms with Gasteiger partial charge in [-0.2, -0.15) is 4.98 Å². The number of aromatic nitrogens is 2. The summed E-state index contributed by atoms with van der Waals surface area (Å²) in [4.78, 5) is 10.5. The van der Waals surface area contributed by atoms with Crippen LogP contribution in [0.3, 0.4) is 0 Å². The van der Waals surface area contributed by atoms with Crippen molar-refractivity contribution in [1.29, 1.82) is 0 Å². The van der Waals surface area contributed by atoms with Gasteiger partial charge in [-0.05, 0) is 17.2 Å². The van der Waals surface area contributed by atoms with Gasteiger partial charge in [0.2, 0.25) is 5.95 Å². The van der Waals surface area contributed by atoms with Gasteiger partial charge >= 0.3 is 0 Å². The molecule has 3 rings (SSSR count). The first kappa shape index (κ1) is 14.1. The molecule has 2 N–H and O–H groups in total. The molecule has 1 aromatic heterocycles. The summed E-state index contributed by atoms with van der Waals surface area (Å²) in [6.45, 7) is 1.54. The van der Waals surface area contributed by atoms with Crippen LogP contribution in [0.2, 0.25) is 0 Å². The fraction of sp³-hybridized carbons (Fsp3) is 0.111. The van der Waals surface area contributed by atoms with Crippen molar-refractivity contribution in [3.05, 3.63) is 84.1 Å². The van der Waals surface area contributed by atoms with Crippen LogP contribution in [0, 0.1) is 0 Å². The SMILES string of the molecule is Nc1nccc(N(Cc2ccccc2)Cc2ccccc2)n1. The molecule has 0 saturated carbocycles. The van der Waals surface area contributed by atoms with Crippen molar-refractivity contribution in [3.8, 4) is 0 Å². The van der Waals surface area contributed by atoms with Gasteiger partial charge in [0.05, 0.1) is 0 Å². The number of hydrogen-bond donors (Lipinski definition) is 1. The lowest BCUT2D eigenvalue weighted by Crippen LogP contribution is -2.23. The molecular weight excluding hydrogens is 272 g/mol. The first-order chi connectivity index (χ1) is 10.8. The Morgan fingerprint density at radius 3 is 1.82 bits per heavy atom. The van der Waals surface area contributed by atoms with E-state index >= 15 is 0 Å². The van der Waals surface area contributed by atoms with Crippen LogP contribution >= 0.6 is 0 Å². The van der Waals surface area contributed by atoms with Crippen LogP contribution in [0.25, 0.3) is 0 Å². The van der Waals surface area contributed by atoms with E-state index in [4.69, 9.17) is 5.73 Å². The number of nitrogen functional groups attached to an aromatic ring is 1. The summed E-state index contributed by atoms with van der Waals surface area (Å²) in [7, 11) is 0. The first-order valence-electron chi connectivity index (χ1n) is 7.22. The van der Waals surface area contributed by atoms with E-state index in [1.54, 1.807) is 6.20 Å². The van der Waals surface area contributed by atoms with Crippen LogP contribution < -0.4 is 10.6 Å². The molecule has 1 heterocycles. The maximum absolute atomic E-state index is 5.73. The lowest BCUT2D eigenvalue weighted by Gasteiger charge is -2.24. The zero-order valence-electron chi connectivity index (χ0n) is 12.3. The Hall–Kier alpha value is -2.88. The molecule has 2 aromatic carbocycles. The average molecular weight is 290 g/mol. The average Bonchev–Trinajstić information content (AvgIpc) is 2.56. The summed E-state index contributed by atoms with van der Waals surface area (Å²) in [5, 5.41) is 0. The molecule has 0 saturated heterocycles. The Labute approximate surface area is 130 Å². The highest BCUT2D eigenvalue weighted by Gasteiger charge is 2.10. The minimum Gasteiger partial charge on any atom is -0.368 e. The molecule has 0 fully saturated rings. The maximum atomic E-state index is 5.73. The van der Waals surface area contributed by atoms with E-state index in [1.807, 2.05) is 42.5 Å². The van der Waals surface area contributed by atoms with Crippen LogP contribution in [-0.2, 0) is 13.1 Å². The zero-order chi connectivity index (χ0) is 15.2. The van der Waals surface area contributed by atoms with Gasteiger partial charge in [-0.15, -0.1) is 0 Å². The van der Waals surface area contributed by atoms with Crippen molar-refractivity contribution < 1.29 is 0 Å². The van der Waals surface area contributed by atoms with E-state index < -0.39 is 0 Å². The van der Waals surface area contributed by atoms with E-state index in [0.717, 1.165) is 18.9 Å². The Bertz CT molecular complexity index is 672. The standard InChI is InChI=1S/C18H18N4/c19-18-20-12-11-17(21-18)22(13-15-7-3-1-4-8-15)14-16-9-5-2-6-10-16/h1-12H,13-14H2,(H2,19,20,21). The highest BCUT2D eigenvalue weighted by Crippen LogP contribution is 2.18. The lowest BCUT2D eigenvalue weighted by atomic mass is 10.1. The number of hydrogen-bond acceptors (Lipinski definition) is 4. The predicted octanol–water partition coefficient (Wildman–Crippen LogP) is 3.27. The van der Waals surface area contributed by atoms with Gasteiger partial charge in [0.1, 0.15) is 5.82 Å². The summed E-state index contributed by atoms with van der Waals surface area (Å²) in [5.41, 5.74) is 8.20. The summed E-state index contributed by atoms with van der Waals surface area (Å²) in [5.74, 6) is 1.13. The molecule has 0 bridgehead atoms. The van der Waals surface area contributed by atoms with E-state index in [9.17, 15) is 0 Å². The second kappa shape index (κ2) is 6.72. The van der Waals surface area contributed by atoms with Gasteiger partial charge < -0.3 is 10.6 Å². The molecule has 0 aliphatic heterocycles. The minimum absolute atomic E-state index is 0.295. The molecule has 22 heavy (non-hydrogen) atoms. The van der Waals surface area contributed by atoms with Gasteiger partial charge in [0, 0.05) is 19.3 Å². The molecule has 0 radical (unpaired) electrons. The van der Waals surface area contributed by atoms with Crippen molar-refractivity contribution in [1.82, 2.24) is 9.97 Å². The topological polar surface area (TPSA) is 55.0 Å². The summed E-state index contributed by atoms with van der Waals surface area (Å²) in [6, 6.07) is 22.6. The summed E-state index contributed by atoms with van der Waals surface area (Å²) < 4.78 is 0. The lowest BCUT2D eigenvalue weighted by molar-refractivity contribution is 0.782. The molecule has 0 unspecified atom stereocenters. The van der Waals surface area contributed by atoms with Gasteiger partial charge in [-0.1, -0.05) is 60.7 Å². The van der Waals surface area contributed by atoms with Crippen LogP contribution in [0.5, 0.6) is 0 Å². The largest absolute Gasteiger partial charge is 0.368 e. The number of anilines is 2. The number of nitrogens with two attached hydrogens (primary N) is 1. The smallest absolute Gasteiger partial charge is 0.221 e. The van der Waals surface area contributed by atoms with Gasteiger partial charge in [0.25, 0.3) is 0 Å². The third-order valence-corrected chi connectivity index (χ3v) is 3.42. The van der Waals surface area contributed by atoms with Crippen molar-refractivity contribution in [2.75, 3.05) is 10.6 Å². The molecule has 4 heteroatoms. The molecular formula is C18H18N4. The second-order valence-corrected chi connectivity index (χ2v) is 5.10. The number of nitrogens with zero attached hydrogens (tertiary/aromatic N) is 3. The number of benzene rings is 2. The molecule has 0 amide bonds. The molecule has 3 aromatic rings. The van der Waals surface area contributed by atoms with Crippen molar-refractivity contribution >= 4 is 11.8 Å². The van der Waals surface area contributed by atoms with E-state index in [0.29, 0.717) is 5.95 Å². The molecule has 110 valence electrons. The van der Waals surface area contributed by atoms with Crippen LogP contribution in [0.1, 0.15) is 11.1 Å². The minimum atomic E-state index is 0.295. The highest BCUT2D eigenvalue weighted by molar-refractivity contribution is 5.43. The quantitative estimate of drug-likeness (QED) is 0.783. The maximum Gasteiger partial charge on any atom is 0.221 e. The summed E-state index contributed by atoms with van der Waals surface area (Å²) >= 11 is 0. The zero-order valence-corrected chi connectivity index (χ0v) is 12.3. The molecule has 0 aliphatic carbocycles. The monoisotopic (exact) mass is 290 g/mol. The Morgan fingerprint density at radius 1 is 0.773 bits per heavy atom. The van der Waals surface area contributed by atoms with Gasteiger partial charge in [-0.25, -0.2) is 4.98 Å². The fourth-order valence-corrected chi connectivity index (χ4v) is 2.37. The number of rotatable bonds is 5. The Balaban J connectivity index is 1.88. The fourth-order valence-electron chi connectivity index (χ4n) is 2.37. The van der Waals surface area contributed by atoms with Crippen LogP contribution in [0.4, 0.5) is 11.8 Å². The highest BCUT2D eigenvalue weighted by atomic mass is 15.2. The van der Waals surface area contributed by atoms with Crippen molar-refractivity contribution in [3.63, 3.8) is 0 Å². The van der Waals surface area contributed by atoms with Crippen LogP contribution in [0.15, 0.2) is 72.9 Å². The molecule has 4 nitrogen and oxygen atoms in total. The third-order valence-electron chi connectivity index (χ3n) is 3.42. The second-order valence-electron chi connectivity index (χ2n) is 5.10. The van der Waals surface area contributed by atoms with Gasteiger partial charge in [0.15, 0.2) is 0 Å². The van der Waals surface area contributed by atoms with E-state index in [-0.39, 0.29) is 0 Å². The van der Waals surface area contributed by atoms with Gasteiger partial charge in [-0.3, -0.25) is 0 Å².